The van der Waals surface area contributed by atoms with Gasteiger partial charge in [-0.25, -0.2) is 4.98 Å². The monoisotopic (exact) mass is 419 g/mol. The van der Waals surface area contributed by atoms with Crippen LogP contribution in [0.4, 0.5) is 5.69 Å². The fourth-order valence-electron chi connectivity index (χ4n) is 3.19. The Hall–Kier alpha value is -3.45. The number of amides is 1. The van der Waals surface area contributed by atoms with Crippen LogP contribution in [0, 0.1) is 13.8 Å². The van der Waals surface area contributed by atoms with Crippen molar-refractivity contribution >= 4 is 33.1 Å². The van der Waals surface area contributed by atoms with E-state index in [4.69, 9.17) is 4.74 Å². The highest BCUT2D eigenvalue weighted by atomic mass is 32.1. The molecule has 0 fully saturated rings. The van der Waals surface area contributed by atoms with Crippen LogP contribution in [-0.2, 0) is 11.3 Å². The minimum atomic E-state index is -0.265. The summed E-state index contributed by atoms with van der Waals surface area (Å²) in [6.45, 7) is 3.85. The van der Waals surface area contributed by atoms with Gasteiger partial charge in [0.15, 0.2) is 0 Å². The summed E-state index contributed by atoms with van der Waals surface area (Å²) in [4.78, 5) is 30.8. The number of rotatable bonds is 5. The maximum atomic E-state index is 12.9. The topological polar surface area (TPSA) is 73.2 Å². The summed E-state index contributed by atoms with van der Waals surface area (Å²) in [7, 11) is 1.62. The van der Waals surface area contributed by atoms with Crippen LogP contribution in [0.15, 0.2) is 59.7 Å². The summed E-state index contributed by atoms with van der Waals surface area (Å²) < 4.78 is 7.07. The number of methoxy groups -OCH3 is 1. The van der Waals surface area contributed by atoms with Crippen LogP contribution >= 0.6 is 11.3 Å². The van der Waals surface area contributed by atoms with Crippen LogP contribution in [0.25, 0.3) is 20.7 Å². The van der Waals surface area contributed by atoms with Gasteiger partial charge in [-0.3, -0.25) is 14.2 Å². The van der Waals surface area contributed by atoms with Gasteiger partial charge in [-0.15, -0.1) is 11.3 Å². The maximum Gasteiger partial charge on any atom is 0.271 e. The zero-order valence-corrected chi connectivity index (χ0v) is 17.7. The number of benzene rings is 2. The summed E-state index contributed by atoms with van der Waals surface area (Å²) in [5, 5.41) is 2.88. The quantitative estimate of drug-likeness (QED) is 0.521. The van der Waals surface area contributed by atoms with E-state index >= 15 is 0 Å². The molecular weight excluding hydrogens is 398 g/mol. The third-order valence-electron chi connectivity index (χ3n) is 5.07. The number of hydrogen-bond acceptors (Lipinski definition) is 5. The highest BCUT2D eigenvalue weighted by molar-refractivity contribution is 7.22. The summed E-state index contributed by atoms with van der Waals surface area (Å²) in [6, 6.07) is 15.3. The van der Waals surface area contributed by atoms with Gasteiger partial charge in [0.25, 0.3) is 5.56 Å². The van der Waals surface area contributed by atoms with E-state index in [9.17, 15) is 9.59 Å². The molecule has 1 amide bonds. The fourth-order valence-corrected chi connectivity index (χ4v) is 4.25. The Bertz CT molecular complexity index is 1290. The lowest BCUT2D eigenvalue weighted by Crippen LogP contribution is -2.27. The summed E-state index contributed by atoms with van der Waals surface area (Å²) in [5.74, 6) is 0.508. The van der Waals surface area contributed by atoms with E-state index in [-0.39, 0.29) is 18.0 Å². The zero-order chi connectivity index (χ0) is 21.3. The molecule has 0 aliphatic heterocycles. The first-order valence-corrected chi connectivity index (χ1v) is 10.3. The number of carbonyl (C=O) groups excluding carboxylic acids is 1. The van der Waals surface area contributed by atoms with Crippen LogP contribution in [-0.4, -0.2) is 22.6 Å². The average Bonchev–Trinajstić information content (AvgIpc) is 3.19. The summed E-state index contributed by atoms with van der Waals surface area (Å²) >= 11 is 1.37. The standard InChI is InChI=1S/C23H21N3O3S/c1-14-5-4-6-18(15(14)2)25-21(27)12-26-13-24-19-11-20(30-22(19)23(26)28)16-7-9-17(29-3)10-8-16/h4-11,13H,12H2,1-3H3,(H,25,27). The van der Waals surface area contributed by atoms with Crippen LogP contribution in [0.5, 0.6) is 5.75 Å². The first kappa shape index (κ1) is 19.8. The molecule has 2 aromatic carbocycles. The Morgan fingerprint density at radius 2 is 1.93 bits per heavy atom. The number of hydrogen-bond donors (Lipinski definition) is 1. The van der Waals surface area contributed by atoms with Crippen LogP contribution < -0.4 is 15.6 Å². The predicted octanol–water partition coefficient (Wildman–Crippen LogP) is 4.39. The Morgan fingerprint density at radius 3 is 2.67 bits per heavy atom. The highest BCUT2D eigenvalue weighted by Gasteiger charge is 2.13. The van der Waals surface area contributed by atoms with Gasteiger partial charge in [-0.1, -0.05) is 12.1 Å². The number of nitrogens with one attached hydrogen (secondary N) is 1. The molecule has 2 heterocycles. The van der Waals surface area contributed by atoms with Gasteiger partial charge in [0, 0.05) is 10.6 Å². The van der Waals surface area contributed by atoms with Crippen molar-refractivity contribution in [3.8, 4) is 16.2 Å². The van der Waals surface area contributed by atoms with Gasteiger partial charge in [-0.2, -0.15) is 0 Å². The van der Waals surface area contributed by atoms with Crippen molar-refractivity contribution in [3.63, 3.8) is 0 Å². The SMILES string of the molecule is COc1ccc(-c2cc3ncn(CC(=O)Nc4cccc(C)c4C)c(=O)c3s2)cc1. The Morgan fingerprint density at radius 1 is 1.17 bits per heavy atom. The second-order valence-corrected chi connectivity index (χ2v) is 8.08. The van der Waals surface area contributed by atoms with E-state index in [0.29, 0.717) is 10.2 Å². The van der Waals surface area contributed by atoms with Gasteiger partial charge in [-0.05, 0) is 66.9 Å². The molecule has 0 unspecified atom stereocenters. The fraction of sp³-hybridized carbons (Fsp3) is 0.174. The van der Waals surface area contributed by atoms with E-state index in [2.05, 4.69) is 10.3 Å². The first-order valence-electron chi connectivity index (χ1n) is 9.45. The predicted molar refractivity (Wildman–Crippen MR) is 120 cm³/mol. The lowest BCUT2D eigenvalue weighted by atomic mass is 10.1. The average molecular weight is 420 g/mol. The van der Waals surface area contributed by atoms with Crippen molar-refractivity contribution in [3.05, 3.63) is 76.3 Å². The number of fused-ring (bicyclic) bond motifs is 1. The number of carbonyl (C=O) groups is 1. The minimum absolute atomic E-state index is 0.0923. The number of nitrogens with zero attached hydrogens (tertiary/aromatic N) is 2. The molecule has 6 nitrogen and oxygen atoms in total. The van der Waals surface area contributed by atoms with Crippen molar-refractivity contribution in [2.45, 2.75) is 20.4 Å². The molecule has 0 saturated heterocycles. The van der Waals surface area contributed by atoms with E-state index in [1.54, 1.807) is 7.11 Å². The van der Waals surface area contributed by atoms with Crippen LogP contribution in [0.1, 0.15) is 11.1 Å². The van der Waals surface area contributed by atoms with Crippen LogP contribution in [0.3, 0.4) is 0 Å². The van der Waals surface area contributed by atoms with Gasteiger partial charge in [0.2, 0.25) is 5.91 Å². The number of thiophene rings is 1. The zero-order valence-electron chi connectivity index (χ0n) is 16.9. The molecule has 4 aromatic rings. The number of ether oxygens (including phenoxy) is 1. The Labute approximate surface area is 177 Å². The van der Waals surface area contributed by atoms with Gasteiger partial charge in [0.05, 0.1) is 19.0 Å². The van der Waals surface area contributed by atoms with E-state index < -0.39 is 0 Å². The molecule has 0 radical (unpaired) electrons. The normalized spacial score (nSPS) is 10.9. The number of aryl methyl sites for hydroxylation is 1. The van der Waals surface area contributed by atoms with Crippen molar-refractivity contribution in [1.82, 2.24) is 9.55 Å². The molecule has 4 rings (SSSR count). The van der Waals surface area contributed by atoms with Crippen molar-refractivity contribution in [2.75, 3.05) is 12.4 Å². The smallest absolute Gasteiger partial charge is 0.271 e. The first-order chi connectivity index (χ1) is 14.5. The second-order valence-electron chi connectivity index (χ2n) is 7.03. The third-order valence-corrected chi connectivity index (χ3v) is 6.23. The molecule has 1 N–H and O–H groups in total. The summed E-state index contributed by atoms with van der Waals surface area (Å²) in [6.07, 6.45) is 1.43. The molecule has 2 aromatic heterocycles. The third kappa shape index (κ3) is 3.84. The molecule has 0 saturated carbocycles. The Balaban J connectivity index is 1.59. The molecule has 30 heavy (non-hydrogen) atoms. The molecule has 7 heteroatoms. The van der Waals surface area contributed by atoms with Crippen molar-refractivity contribution < 1.29 is 9.53 Å². The lowest BCUT2D eigenvalue weighted by Gasteiger charge is -2.11. The van der Waals surface area contributed by atoms with Gasteiger partial charge < -0.3 is 10.1 Å². The van der Waals surface area contributed by atoms with Crippen molar-refractivity contribution in [2.24, 2.45) is 0 Å². The highest BCUT2D eigenvalue weighted by Crippen LogP contribution is 2.31. The van der Waals surface area contributed by atoms with E-state index in [0.717, 1.165) is 33.0 Å². The number of aromatic nitrogens is 2. The Kier molecular flexibility index (Phi) is 5.37. The largest absolute Gasteiger partial charge is 0.497 e. The lowest BCUT2D eigenvalue weighted by molar-refractivity contribution is -0.116. The van der Waals surface area contributed by atoms with Gasteiger partial charge in [0.1, 0.15) is 17.0 Å². The molecule has 0 aliphatic rings. The van der Waals surface area contributed by atoms with Crippen LogP contribution in [0.2, 0.25) is 0 Å². The summed E-state index contributed by atoms with van der Waals surface area (Å²) in [5.41, 5.74) is 4.24. The minimum Gasteiger partial charge on any atom is -0.497 e. The molecule has 0 spiro atoms. The molecule has 152 valence electrons. The van der Waals surface area contributed by atoms with E-state index in [1.165, 1.54) is 22.2 Å². The van der Waals surface area contributed by atoms with Gasteiger partial charge >= 0.3 is 0 Å². The number of anilines is 1. The molecule has 0 bridgehead atoms. The van der Waals surface area contributed by atoms with E-state index in [1.807, 2.05) is 62.4 Å². The molecule has 0 aliphatic carbocycles. The second kappa shape index (κ2) is 8.12. The molecular formula is C23H21N3O3S. The maximum absolute atomic E-state index is 12.9. The van der Waals surface area contributed by atoms with Crippen molar-refractivity contribution in [1.29, 1.82) is 0 Å². The molecule has 0 atom stereocenters.